The Labute approximate surface area is 127 Å². The van der Waals surface area contributed by atoms with Crippen molar-refractivity contribution in [2.24, 2.45) is 0 Å². The van der Waals surface area contributed by atoms with Crippen LogP contribution in [0.5, 0.6) is 0 Å². The Morgan fingerprint density at radius 3 is 3.10 bits per heavy atom. The van der Waals surface area contributed by atoms with E-state index in [0.717, 1.165) is 42.4 Å². The Kier molecular flexibility index (Phi) is 5.95. The molecule has 1 amide bonds. The van der Waals surface area contributed by atoms with E-state index in [1.165, 1.54) is 11.3 Å². The predicted molar refractivity (Wildman–Crippen MR) is 81.0 cm³/mol. The second kappa shape index (κ2) is 7.95. The van der Waals surface area contributed by atoms with Crippen molar-refractivity contribution in [3.8, 4) is 0 Å². The zero-order valence-electron chi connectivity index (χ0n) is 11.7. The molecule has 0 radical (unpaired) electrons. The Balaban J connectivity index is 1.69. The smallest absolute Gasteiger partial charge is 0.328 e. The van der Waals surface area contributed by atoms with Gasteiger partial charge in [0.25, 0.3) is 0 Å². The highest BCUT2D eigenvalue weighted by Gasteiger charge is 2.16. The minimum absolute atomic E-state index is 0.0292. The molecule has 1 atom stereocenters. The lowest BCUT2D eigenvalue weighted by molar-refractivity contribution is -0.131. The number of carbonyl (C=O) groups excluding carboxylic acids is 1. The Morgan fingerprint density at radius 1 is 1.52 bits per heavy atom. The van der Waals surface area contributed by atoms with Crippen LogP contribution in [0.1, 0.15) is 36.1 Å². The zero-order valence-corrected chi connectivity index (χ0v) is 12.5. The molecule has 1 aromatic rings. The third kappa shape index (κ3) is 5.69. The lowest BCUT2D eigenvalue weighted by Gasteiger charge is -2.08. The van der Waals surface area contributed by atoms with Crippen LogP contribution in [0.2, 0.25) is 0 Å². The molecule has 1 aromatic heterocycles. The van der Waals surface area contributed by atoms with Crippen molar-refractivity contribution in [3.63, 3.8) is 0 Å². The first-order chi connectivity index (χ1) is 10.1. The average Bonchev–Trinajstić information content (AvgIpc) is 3.12. The number of carboxylic acid groups (broad SMARTS) is 1. The number of hydrogen-bond acceptors (Lipinski definition) is 4. The molecule has 1 aliphatic rings. The topological polar surface area (TPSA) is 75.6 Å². The maximum Gasteiger partial charge on any atom is 0.328 e. The van der Waals surface area contributed by atoms with Gasteiger partial charge in [0, 0.05) is 24.0 Å². The molecule has 114 valence electrons. The van der Waals surface area contributed by atoms with Crippen LogP contribution in [-0.4, -0.2) is 29.7 Å². The van der Waals surface area contributed by atoms with E-state index in [-0.39, 0.29) is 12.0 Å². The van der Waals surface area contributed by atoms with Crippen LogP contribution in [0, 0.1) is 0 Å². The van der Waals surface area contributed by atoms with Gasteiger partial charge in [-0.05, 0) is 42.3 Å². The van der Waals surface area contributed by atoms with Crippen LogP contribution >= 0.6 is 11.3 Å². The van der Waals surface area contributed by atoms with Crippen molar-refractivity contribution in [2.75, 3.05) is 6.61 Å². The molecule has 1 aliphatic heterocycles. The molecule has 21 heavy (non-hydrogen) atoms. The number of ether oxygens (including phenoxy) is 1. The van der Waals surface area contributed by atoms with Gasteiger partial charge in [0.05, 0.1) is 12.6 Å². The number of rotatable bonds is 7. The second-order valence-corrected chi connectivity index (χ2v) is 5.96. The van der Waals surface area contributed by atoms with Gasteiger partial charge in [-0.2, -0.15) is 0 Å². The number of nitrogens with one attached hydrogen (secondary N) is 1. The highest BCUT2D eigenvalue weighted by Crippen LogP contribution is 2.17. The van der Waals surface area contributed by atoms with Gasteiger partial charge in [0.1, 0.15) is 0 Å². The van der Waals surface area contributed by atoms with Crippen LogP contribution in [-0.2, 0) is 20.9 Å². The molecule has 5 nitrogen and oxygen atoms in total. The van der Waals surface area contributed by atoms with Crippen molar-refractivity contribution in [3.05, 3.63) is 28.0 Å². The lowest BCUT2D eigenvalue weighted by atomic mass is 10.1. The largest absolute Gasteiger partial charge is 0.478 e. The number of hydrogen-bond donors (Lipinski definition) is 2. The summed E-state index contributed by atoms with van der Waals surface area (Å²) < 4.78 is 5.48. The molecule has 1 unspecified atom stereocenters. The van der Waals surface area contributed by atoms with Crippen molar-refractivity contribution in [1.29, 1.82) is 0 Å². The molecule has 2 N–H and O–H groups in total. The highest BCUT2D eigenvalue weighted by molar-refractivity contribution is 7.10. The average molecular weight is 309 g/mol. The van der Waals surface area contributed by atoms with E-state index >= 15 is 0 Å². The van der Waals surface area contributed by atoms with Gasteiger partial charge in [-0.3, -0.25) is 4.79 Å². The summed E-state index contributed by atoms with van der Waals surface area (Å²) >= 11 is 1.50. The van der Waals surface area contributed by atoms with Crippen molar-refractivity contribution >= 4 is 29.3 Å². The minimum Gasteiger partial charge on any atom is -0.478 e. The summed E-state index contributed by atoms with van der Waals surface area (Å²) in [6.45, 7) is 1.30. The zero-order chi connectivity index (χ0) is 15.1. The van der Waals surface area contributed by atoms with Gasteiger partial charge in [0.15, 0.2) is 0 Å². The molecule has 0 aliphatic carbocycles. The van der Waals surface area contributed by atoms with E-state index in [1.807, 2.05) is 11.4 Å². The molecule has 1 fully saturated rings. The molecule has 0 spiro atoms. The molecule has 0 bridgehead atoms. The number of carboxylic acids is 1. The SMILES string of the molecule is O=C(O)C=Cc1csc(CNC(=O)CCC2CCCO2)c1. The van der Waals surface area contributed by atoms with E-state index in [2.05, 4.69) is 5.32 Å². The minimum atomic E-state index is -0.967. The van der Waals surface area contributed by atoms with Gasteiger partial charge in [-0.1, -0.05) is 0 Å². The van der Waals surface area contributed by atoms with E-state index in [1.54, 1.807) is 6.08 Å². The molecule has 2 rings (SSSR count). The third-order valence-corrected chi connectivity index (χ3v) is 4.22. The molecule has 2 heterocycles. The van der Waals surface area contributed by atoms with Crippen LogP contribution in [0.3, 0.4) is 0 Å². The monoisotopic (exact) mass is 309 g/mol. The maximum absolute atomic E-state index is 11.7. The number of amides is 1. The lowest BCUT2D eigenvalue weighted by Crippen LogP contribution is -2.23. The Bertz CT molecular complexity index is 517. The Hall–Kier alpha value is -1.66. The molecule has 0 saturated carbocycles. The summed E-state index contributed by atoms with van der Waals surface area (Å²) in [5.41, 5.74) is 0.839. The Morgan fingerprint density at radius 2 is 2.38 bits per heavy atom. The van der Waals surface area contributed by atoms with Crippen molar-refractivity contribution in [1.82, 2.24) is 5.32 Å². The molecule has 1 saturated heterocycles. The molecular weight excluding hydrogens is 290 g/mol. The first-order valence-electron chi connectivity index (χ1n) is 7.00. The summed E-state index contributed by atoms with van der Waals surface area (Å²) in [5.74, 6) is -0.938. The first-order valence-corrected chi connectivity index (χ1v) is 7.88. The number of carbonyl (C=O) groups is 2. The predicted octanol–water partition coefficient (Wildman–Crippen LogP) is 2.42. The second-order valence-electron chi connectivity index (χ2n) is 4.97. The summed E-state index contributed by atoms with van der Waals surface area (Å²) in [4.78, 5) is 23.2. The first kappa shape index (κ1) is 15.7. The summed E-state index contributed by atoms with van der Waals surface area (Å²) in [6, 6.07) is 1.88. The fourth-order valence-electron chi connectivity index (χ4n) is 2.18. The molecule has 6 heteroatoms. The van der Waals surface area contributed by atoms with Crippen LogP contribution in [0.15, 0.2) is 17.5 Å². The van der Waals surface area contributed by atoms with Crippen molar-refractivity contribution in [2.45, 2.75) is 38.3 Å². The summed E-state index contributed by atoms with van der Waals surface area (Å²) in [6.07, 6.45) is 6.30. The quantitative estimate of drug-likeness (QED) is 0.759. The molecule has 0 aromatic carbocycles. The standard InChI is InChI=1S/C15H19NO4S/c17-14(5-4-12-2-1-7-20-12)16-9-13-8-11(10-21-13)3-6-15(18)19/h3,6,8,10,12H,1-2,4-5,7,9H2,(H,16,17)(H,18,19). The van der Waals surface area contributed by atoms with Crippen LogP contribution in [0.4, 0.5) is 0 Å². The van der Waals surface area contributed by atoms with E-state index in [4.69, 9.17) is 9.84 Å². The van der Waals surface area contributed by atoms with E-state index in [9.17, 15) is 9.59 Å². The van der Waals surface area contributed by atoms with Gasteiger partial charge < -0.3 is 15.2 Å². The van der Waals surface area contributed by atoms with Crippen LogP contribution in [0.25, 0.3) is 6.08 Å². The summed E-state index contributed by atoms with van der Waals surface area (Å²) in [5, 5.41) is 13.3. The third-order valence-electron chi connectivity index (χ3n) is 3.27. The fourth-order valence-corrected chi connectivity index (χ4v) is 2.98. The molecular formula is C15H19NO4S. The number of thiophene rings is 1. The number of aliphatic carboxylic acids is 1. The van der Waals surface area contributed by atoms with Gasteiger partial charge in [0.2, 0.25) is 5.91 Å². The van der Waals surface area contributed by atoms with E-state index in [0.29, 0.717) is 13.0 Å². The van der Waals surface area contributed by atoms with Gasteiger partial charge in [-0.15, -0.1) is 11.3 Å². The van der Waals surface area contributed by atoms with Gasteiger partial charge in [-0.25, -0.2) is 4.79 Å². The van der Waals surface area contributed by atoms with E-state index < -0.39 is 5.97 Å². The maximum atomic E-state index is 11.7. The normalized spacial score (nSPS) is 18.2. The van der Waals surface area contributed by atoms with Crippen molar-refractivity contribution < 1.29 is 19.4 Å². The fraction of sp³-hybridized carbons (Fsp3) is 0.467. The van der Waals surface area contributed by atoms with Crippen LogP contribution < -0.4 is 5.32 Å². The highest BCUT2D eigenvalue weighted by atomic mass is 32.1. The van der Waals surface area contributed by atoms with Gasteiger partial charge >= 0.3 is 5.97 Å². The summed E-state index contributed by atoms with van der Waals surface area (Å²) in [7, 11) is 0.